The van der Waals surface area contributed by atoms with Crippen LogP contribution in [-0.4, -0.2) is 37.9 Å². The summed E-state index contributed by atoms with van der Waals surface area (Å²) in [7, 11) is 0. The summed E-state index contributed by atoms with van der Waals surface area (Å²) in [6.07, 6.45) is 4.75. The molecular weight excluding hydrogens is 224 g/mol. The van der Waals surface area contributed by atoms with Crippen molar-refractivity contribution in [3.8, 4) is 0 Å². The number of ketones is 1. The van der Waals surface area contributed by atoms with Crippen molar-refractivity contribution < 1.29 is 14.3 Å². The van der Waals surface area contributed by atoms with E-state index < -0.39 is 5.97 Å². The molecule has 0 aliphatic rings. The maximum atomic E-state index is 11.4. The minimum Gasteiger partial charge on any atom is -0.458 e. The van der Waals surface area contributed by atoms with E-state index in [1.54, 1.807) is 12.4 Å². The highest BCUT2D eigenvalue weighted by molar-refractivity contribution is 5.83. The standard InChI is InChI=1S/C10H10N4O3/c1-7(15)17-5-9(16)2-8-3-11-10-12-6-13-14(10)4-8/h3-4,6H,2,5H2,1H3. The zero-order valence-electron chi connectivity index (χ0n) is 9.16. The molecule has 2 rings (SSSR count). The van der Waals surface area contributed by atoms with Crippen molar-refractivity contribution in [2.24, 2.45) is 0 Å². The van der Waals surface area contributed by atoms with Crippen LogP contribution < -0.4 is 0 Å². The van der Waals surface area contributed by atoms with E-state index in [1.165, 1.54) is 17.8 Å². The average molecular weight is 234 g/mol. The Labute approximate surface area is 96.4 Å². The number of hydrogen-bond donors (Lipinski definition) is 0. The third-order valence-corrected chi connectivity index (χ3v) is 2.03. The van der Waals surface area contributed by atoms with E-state index >= 15 is 0 Å². The van der Waals surface area contributed by atoms with Gasteiger partial charge in [-0.2, -0.15) is 10.1 Å². The normalized spacial score (nSPS) is 10.4. The van der Waals surface area contributed by atoms with Crippen molar-refractivity contribution in [2.45, 2.75) is 13.3 Å². The fourth-order valence-corrected chi connectivity index (χ4v) is 1.31. The number of carbonyl (C=O) groups is 2. The smallest absolute Gasteiger partial charge is 0.303 e. The molecule has 0 saturated carbocycles. The Morgan fingerprint density at radius 2 is 2.24 bits per heavy atom. The predicted octanol–water partition coefficient (Wildman–Crippen LogP) is -0.201. The number of aromatic nitrogens is 4. The van der Waals surface area contributed by atoms with Crippen LogP contribution >= 0.6 is 0 Å². The van der Waals surface area contributed by atoms with Crippen molar-refractivity contribution in [3.63, 3.8) is 0 Å². The van der Waals surface area contributed by atoms with Gasteiger partial charge in [-0.1, -0.05) is 0 Å². The van der Waals surface area contributed by atoms with E-state index in [4.69, 9.17) is 0 Å². The summed E-state index contributed by atoms with van der Waals surface area (Å²) in [5.74, 6) is -0.189. The van der Waals surface area contributed by atoms with Crippen molar-refractivity contribution in [1.29, 1.82) is 0 Å². The lowest BCUT2D eigenvalue weighted by Gasteiger charge is -2.01. The molecule has 0 aliphatic heterocycles. The lowest BCUT2D eigenvalue weighted by molar-refractivity contribution is -0.145. The van der Waals surface area contributed by atoms with E-state index in [9.17, 15) is 9.59 Å². The van der Waals surface area contributed by atoms with Gasteiger partial charge in [0.15, 0.2) is 5.78 Å². The van der Waals surface area contributed by atoms with E-state index in [1.807, 2.05) is 0 Å². The molecule has 0 bridgehead atoms. The number of carbonyl (C=O) groups excluding carboxylic acids is 2. The number of fused-ring (bicyclic) bond motifs is 1. The summed E-state index contributed by atoms with van der Waals surface area (Å²) in [5.41, 5.74) is 0.695. The summed E-state index contributed by atoms with van der Waals surface area (Å²) in [6.45, 7) is 1.04. The van der Waals surface area contributed by atoms with E-state index in [2.05, 4.69) is 19.8 Å². The van der Waals surface area contributed by atoms with Crippen LogP contribution in [0.15, 0.2) is 18.7 Å². The van der Waals surface area contributed by atoms with Crippen LogP contribution in [0.5, 0.6) is 0 Å². The molecule has 17 heavy (non-hydrogen) atoms. The molecule has 0 amide bonds. The van der Waals surface area contributed by atoms with Crippen LogP contribution in [0.3, 0.4) is 0 Å². The van der Waals surface area contributed by atoms with Crippen molar-refractivity contribution >= 4 is 17.5 Å². The van der Waals surface area contributed by atoms with Gasteiger partial charge in [0.25, 0.3) is 5.78 Å². The summed E-state index contributed by atoms with van der Waals surface area (Å²) < 4.78 is 6.09. The van der Waals surface area contributed by atoms with Gasteiger partial charge in [0, 0.05) is 25.7 Å². The molecule has 2 aromatic rings. The molecule has 7 nitrogen and oxygen atoms in total. The quantitative estimate of drug-likeness (QED) is 0.681. The highest BCUT2D eigenvalue weighted by atomic mass is 16.5. The lowest BCUT2D eigenvalue weighted by atomic mass is 10.2. The molecule has 0 aliphatic carbocycles. The van der Waals surface area contributed by atoms with E-state index in [-0.39, 0.29) is 18.8 Å². The summed E-state index contributed by atoms with van der Waals surface area (Å²) in [4.78, 5) is 29.9. The minimum atomic E-state index is -0.469. The maximum absolute atomic E-state index is 11.4. The van der Waals surface area contributed by atoms with Gasteiger partial charge in [-0.25, -0.2) is 9.50 Å². The van der Waals surface area contributed by atoms with Crippen molar-refractivity contribution in [1.82, 2.24) is 19.6 Å². The van der Waals surface area contributed by atoms with Gasteiger partial charge in [0.1, 0.15) is 12.9 Å². The van der Waals surface area contributed by atoms with Gasteiger partial charge in [0.2, 0.25) is 0 Å². The number of nitrogens with zero attached hydrogens (tertiary/aromatic N) is 4. The van der Waals surface area contributed by atoms with Crippen molar-refractivity contribution in [3.05, 3.63) is 24.3 Å². The first kappa shape index (κ1) is 11.2. The first-order chi connectivity index (χ1) is 8.15. The Morgan fingerprint density at radius 1 is 1.41 bits per heavy atom. The SMILES string of the molecule is CC(=O)OCC(=O)Cc1cnc2ncnn2c1. The molecule has 2 heterocycles. The van der Waals surface area contributed by atoms with E-state index in [0.29, 0.717) is 11.3 Å². The van der Waals surface area contributed by atoms with Crippen molar-refractivity contribution in [2.75, 3.05) is 6.61 Å². The summed E-state index contributed by atoms with van der Waals surface area (Å²) in [6, 6.07) is 0. The van der Waals surface area contributed by atoms with E-state index in [0.717, 1.165) is 0 Å². The molecule has 0 unspecified atom stereocenters. The molecule has 88 valence electrons. The summed E-state index contributed by atoms with van der Waals surface area (Å²) >= 11 is 0. The van der Waals surface area contributed by atoms with Gasteiger partial charge in [0.05, 0.1) is 0 Å². The monoisotopic (exact) mass is 234 g/mol. The highest BCUT2D eigenvalue weighted by Crippen LogP contribution is 2.01. The van der Waals surface area contributed by atoms with Gasteiger partial charge in [-0.15, -0.1) is 0 Å². The molecule has 0 atom stereocenters. The third-order valence-electron chi connectivity index (χ3n) is 2.03. The highest BCUT2D eigenvalue weighted by Gasteiger charge is 2.07. The average Bonchev–Trinajstić information content (AvgIpc) is 2.73. The Balaban J connectivity index is 2.02. The molecule has 0 fully saturated rings. The topological polar surface area (TPSA) is 86.5 Å². The lowest BCUT2D eigenvalue weighted by Crippen LogP contribution is -2.14. The molecule has 2 aromatic heterocycles. The molecule has 0 aromatic carbocycles. The van der Waals surface area contributed by atoms with Crippen LogP contribution in [0, 0.1) is 0 Å². The van der Waals surface area contributed by atoms with Crippen LogP contribution in [-0.2, 0) is 20.7 Å². The fourth-order valence-electron chi connectivity index (χ4n) is 1.31. The molecule has 7 heteroatoms. The van der Waals surface area contributed by atoms with Gasteiger partial charge in [-0.3, -0.25) is 9.59 Å². The molecule has 0 saturated heterocycles. The Morgan fingerprint density at radius 3 is 3.00 bits per heavy atom. The number of esters is 1. The molecule has 0 spiro atoms. The number of hydrogen-bond acceptors (Lipinski definition) is 6. The maximum Gasteiger partial charge on any atom is 0.303 e. The Kier molecular flexibility index (Phi) is 3.08. The first-order valence-electron chi connectivity index (χ1n) is 4.94. The molecule has 0 radical (unpaired) electrons. The van der Waals surface area contributed by atoms with Crippen LogP contribution in [0.2, 0.25) is 0 Å². The van der Waals surface area contributed by atoms with Crippen LogP contribution in [0.4, 0.5) is 0 Å². The molecular formula is C10H10N4O3. The number of ether oxygens (including phenoxy) is 1. The Bertz CT molecular complexity index is 563. The second-order valence-electron chi connectivity index (χ2n) is 3.46. The zero-order chi connectivity index (χ0) is 12.3. The number of rotatable bonds is 4. The minimum absolute atomic E-state index is 0.149. The van der Waals surface area contributed by atoms with Crippen LogP contribution in [0.25, 0.3) is 5.78 Å². The van der Waals surface area contributed by atoms with Gasteiger partial charge < -0.3 is 4.74 Å². The predicted molar refractivity (Wildman–Crippen MR) is 56.1 cm³/mol. The van der Waals surface area contributed by atoms with Gasteiger partial charge >= 0.3 is 5.97 Å². The largest absolute Gasteiger partial charge is 0.458 e. The second kappa shape index (κ2) is 4.69. The summed E-state index contributed by atoms with van der Waals surface area (Å²) in [5, 5.41) is 3.91. The fraction of sp³-hybridized carbons (Fsp3) is 0.300. The molecule has 0 N–H and O–H groups in total. The second-order valence-corrected chi connectivity index (χ2v) is 3.46. The zero-order valence-corrected chi connectivity index (χ0v) is 9.16. The van der Waals surface area contributed by atoms with Gasteiger partial charge in [-0.05, 0) is 5.56 Å². The first-order valence-corrected chi connectivity index (χ1v) is 4.94. The third kappa shape index (κ3) is 2.83. The Hall–Kier alpha value is -2.31. The number of Topliss-reactive ketones (excluding diaryl/α,β-unsaturated/α-hetero) is 1. The van der Waals surface area contributed by atoms with Crippen LogP contribution in [0.1, 0.15) is 12.5 Å².